The average molecular weight is 1070 g/mol. The predicted molar refractivity (Wildman–Crippen MR) is 260 cm³/mol. The Morgan fingerprint density at radius 1 is 0.534 bits per heavy atom. The van der Waals surface area contributed by atoms with Gasteiger partial charge in [-0.15, -0.1) is 0 Å². The van der Waals surface area contributed by atoms with Gasteiger partial charge in [-0.05, 0) is 65.2 Å². The molecule has 0 aliphatic carbocycles. The smallest absolute Gasteiger partial charge is 0.377 e. The van der Waals surface area contributed by atoms with Gasteiger partial charge >= 0.3 is 17.9 Å². The van der Waals surface area contributed by atoms with Crippen molar-refractivity contribution in [2.45, 2.75) is 56.5 Å². The van der Waals surface area contributed by atoms with Crippen LogP contribution in [0.5, 0.6) is 57.5 Å². The highest BCUT2D eigenvalue weighted by molar-refractivity contribution is 5.84. The molecule has 0 aromatic heterocycles. The summed E-state index contributed by atoms with van der Waals surface area (Å²) in [6.45, 7) is 1.94. The van der Waals surface area contributed by atoms with Crippen molar-refractivity contribution in [1.82, 2.24) is 0 Å². The molecule has 0 fully saturated rings. The van der Waals surface area contributed by atoms with Gasteiger partial charge in [-0.1, -0.05) is 0 Å². The standard InChI is InChI=1S/C53H70F2N2O14.2ClH/c1-56(19-15-34-26-40(60-3)42(62-5)30-37(34)39(56)23-33-24-44(64-7)50(68-11)45(25-33)65-8)17-13-22-71-52(59)53(54,55)32-48(58)70-21-14-18-57(2)20-16-35-27-41(61-4)43(63-6)31-38(35)49(57)36-28-46(66-9)51(69-12)47(29-36)67-10;;/h24-31,39,49H,13-23,32H2,1-12H3;2*1H/q+2;;/p-2/t39-,49-,56-,57-;;/m0../s1. The summed E-state index contributed by atoms with van der Waals surface area (Å²) >= 11 is 0. The first-order valence-electron chi connectivity index (χ1n) is 23.5. The van der Waals surface area contributed by atoms with Crippen molar-refractivity contribution >= 4 is 11.9 Å². The quantitative estimate of drug-likeness (QED) is 0.0571. The molecule has 4 aromatic rings. The number of hydrogen-bond donors (Lipinski definition) is 0. The van der Waals surface area contributed by atoms with E-state index in [0.717, 1.165) is 33.4 Å². The van der Waals surface area contributed by atoms with Crippen LogP contribution in [0.3, 0.4) is 0 Å². The van der Waals surface area contributed by atoms with Crippen molar-refractivity contribution in [2.75, 3.05) is 125 Å². The molecule has 0 N–H and O–H groups in total. The lowest BCUT2D eigenvalue weighted by Crippen LogP contribution is -3.00. The molecular formula is C53H70Cl2F2N2O14. The molecule has 0 radical (unpaired) electrons. The normalized spacial score (nSPS) is 18.8. The minimum absolute atomic E-state index is 0. The lowest BCUT2D eigenvalue weighted by Gasteiger charge is -2.46. The number of alkyl halides is 2. The third-order valence-electron chi connectivity index (χ3n) is 14.0. The molecule has 2 aliphatic rings. The number of carbonyl (C=O) groups is 2. The van der Waals surface area contributed by atoms with Gasteiger partial charge in [-0.2, -0.15) is 8.78 Å². The van der Waals surface area contributed by atoms with Gasteiger partial charge in [0.1, 0.15) is 18.5 Å². The Morgan fingerprint density at radius 3 is 1.42 bits per heavy atom. The Labute approximate surface area is 439 Å². The maximum Gasteiger partial charge on any atom is 0.377 e. The van der Waals surface area contributed by atoms with Gasteiger partial charge in [-0.3, -0.25) is 4.79 Å². The summed E-state index contributed by atoms with van der Waals surface area (Å²) < 4.78 is 98.8. The molecule has 0 amide bonds. The maximum atomic E-state index is 15.4. The van der Waals surface area contributed by atoms with Crippen LogP contribution in [-0.4, -0.2) is 151 Å². The number of likely N-dealkylation sites (N-methyl/N-ethyl adjacent to an activating group) is 2. The van der Waals surface area contributed by atoms with Crippen LogP contribution in [0.2, 0.25) is 0 Å². The van der Waals surface area contributed by atoms with E-state index in [2.05, 4.69) is 14.1 Å². The fourth-order valence-corrected chi connectivity index (χ4v) is 10.3. The van der Waals surface area contributed by atoms with Crippen LogP contribution >= 0.6 is 0 Å². The Bertz CT molecular complexity index is 2480. The van der Waals surface area contributed by atoms with Gasteiger partial charge in [0.2, 0.25) is 11.5 Å². The van der Waals surface area contributed by atoms with Crippen molar-refractivity contribution < 1.29 is 109 Å². The zero-order valence-electron chi connectivity index (χ0n) is 43.9. The average Bonchev–Trinajstić information content (AvgIpc) is 3.37. The molecule has 0 saturated heterocycles. The van der Waals surface area contributed by atoms with E-state index in [9.17, 15) is 9.59 Å². The zero-order chi connectivity index (χ0) is 51.7. The van der Waals surface area contributed by atoms with E-state index >= 15 is 8.78 Å². The summed E-state index contributed by atoms with van der Waals surface area (Å²) in [4.78, 5) is 25.8. The molecule has 0 saturated carbocycles. The lowest BCUT2D eigenvalue weighted by molar-refractivity contribution is -0.941. The number of quaternary nitrogens is 2. The number of hydrogen-bond acceptors (Lipinski definition) is 14. The second-order valence-electron chi connectivity index (χ2n) is 18.2. The van der Waals surface area contributed by atoms with Gasteiger partial charge in [0.25, 0.3) is 0 Å². The van der Waals surface area contributed by atoms with Crippen LogP contribution in [0.4, 0.5) is 8.78 Å². The highest BCUT2D eigenvalue weighted by atomic mass is 35.5. The van der Waals surface area contributed by atoms with E-state index in [0.29, 0.717) is 118 Å². The van der Waals surface area contributed by atoms with Crippen LogP contribution in [0.15, 0.2) is 48.5 Å². The largest absolute Gasteiger partial charge is 1.00 e. The third-order valence-corrected chi connectivity index (χ3v) is 14.0. The Kier molecular flexibility index (Phi) is 21.2. The van der Waals surface area contributed by atoms with Crippen LogP contribution in [-0.2, 0) is 38.3 Å². The van der Waals surface area contributed by atoms with Crippen molar-refractivity contribution in [3.63, 3.8) is 0 Å². The topological polar surface area (TPSA) is 145 Å². The molecule has 0 bridgehead atoms. The van der Waals surface area contributed by atoms with Gasteiger partial charge in [0.05, 0.1) is 125 Å². The number of benzene rings is 4. The van der Waals surface area contributed by atoms with Crippen LogP contribution in [0.25, 0.3) is 0 Å². The van der Waals surface area contributed by atoms with Crippen LogP contribution in [0.1, 0.15) is 64.7 Å². The van der Waals surface area contributed by atoms with Gasteiger partial charge < -0.3 is 90.6 Å². The maximum absolute atomic E-state index is 15.4. The molecule has 4 aromatic carbocycles. The number of methoxy groups -OCH3 is 10. The van der Waals surface area contributed by atoms with Gasteiger partial charge in [0, 0.05) is 48.8 Å². The minimum Gasteiger partial charge on any atom is -1.00 e. The molecular weight excluding hydrogens is 997 g/mol. The molecule has 2 heterocycles. The number of esters is 2. The number of ether oxygens (including phenoxy) is 12. The van der Waals surface area contributed by atoms with E-state index in [1.54, 1.807) is 71.1 Å². The molecule has 0 spiro atoms. The highest BCUT2D eigenvalue weighted by Gasteiger charge is 2.46. The van der Waals surface area contributed by atoms with Crippen molar-refractivity contribution in [2.24, 2.45) is 0 Å². The van der Waals surface area contributed by atoms with Crippen LogP contribution < -0.4 is 72.2 Å². The van der Waals surface area contributed by atoms with Crippen LogP contribution in [0, 0.1) is 0 Å². The van der Waals surface area contributed by atoms with Crippen molar-refractivity contribution in [1.29, 1.82) is 0 Å². The summed E-state index contributed by atoms with van der Waals surface area (Å²) in [6, 6.07) is 15.2. The number of rotatable bonds is 24. The molecule has 0 unspecified atom stereocenters. The van der Waals surface area contributed by atoms with E-state index in [1.807, 2.05) is 48.5 Å². The summed E-state index contributed by atoms with van der Waals surface area (Å²) in [6.07, 6.45) is 1.12. The summed E-state index contributed by atoms with van der Waals surface area (Å²) in [5.74, 6) is -1.78. The molecule has 73 heavy (non-hydrogen) atoms. The van der Waals surface area contributed by atoms with E-state index in [1.165, 1.54) is 0 Å². The minimum atomic E-state index is -4.10. The summed E-state index contributed by atoms with van der Waals surface area (Å²) in [7, 11) is 19.9. The second kappa shape index (κ2) is 25.9. The SMILES string of the molecule is COc1cc2c(cc1OC)[C@H](c1cc(OC)c(OC)c(OC)c1)[N@@+](C)(CCCOC(=O)CC(F)(F)C(=O)OCCC[N@@+]1(C)CCc3cc(OC)c(OC)cc3[C@@H]1Cc1cc(OC)c(OC)c(OC)c1)CC2.[Cl-].[Cl-]. The molecule has 6 rings (SSSR count). The molecule has 2 aliphatic heterocycles. The first-order chi connectivity index (χ1) is 34.0. The van der Waals surface area contributed by atoms with E-state index < -0.39 is 24.3 Å². The fourth-order valence-electron chi connectivity index (χ4n) is 10.3. The number of fused-ring (bicyclic) bond motifs is 2. The van der Waals surface area contributed by atoms with Gasteiger partial charge in [0.15, 0.2) is 46.0 Å². The lowest BCUT2D eigenvalue weighted by atomic mass is 9.85. The van der Waals surface area contributed by atoms with Crippen molar-refractivity contribution in [3.8, 4) is 57.5 Å². The predicted octanol–water partition coefficient (Wildman–Crippen LogP) is 1.75. The molecule has 4 atom stereocenters. The molecule has 20 heteroatoms. The summed E-state index contributed by atoms with van der Waals surface area (Å²) in [5.41, 5.74) is 6.01. The van der Waals surface area contributed by atoms with E-state index in [-0.39, 0.29) is 56.5 Å². The Morgan fingerprint density at radius 2 is 0.945 bits per heavy atom. The second-order valence-corrected chi connectivity index (χ2v) is 18.2. The first-order valence-corrected chi connectivity index (χ1v) is 23.5. The zero-order valence-corrected chi connectivity index (χ0v) is 45.4. The number of halogens is 4. The molecule has 404 valence electrons. The third kappa shape index (κ3) is 12.9. The number of nitrogens with zero attached hydrogens (tertiary/aromatic N) is 2. The highest BCUT2D eigenvalue weighted by Crippen LogP contribution is 2.49. The van der Waals surface area contributed by atoms with Crippen molar-refractivity contribution in [3.05, 3.63) is 81.9 Å². The Balaban J connectivity index is 0.00000578. The fraction of sp³-hybridized carbons (Fsp3) is 0.509. The Hall–Kier alpha value is -5.82. The first kappa shape index (κ1) is 59.7. The molecule has 16 nitrogen and oxygen atoms in total. The summed E-state index contributed by atoms with van der Waals surface area (Å²) in [5, 5.41) is 0. The van der Waals surface area contributed by atoms with E-state index in [4.69, 9.17) is 56.8 Å². The number of carbonyl (C=O) groups excluding carboxylic acids is 2. The monoisotopic (exact) mass is 1070 g/mol. The van der Waals surface area contributed by atoms with Gasteiger partial charge in [-0.25, -0.2) is 4.79 Å².